The van der Waals surface area contributed by atoms with Crippen LogP contribution >= 0.6 is 0 Å². The van der Waals surface area contributed by atoms with Crippen molar-refractivity contribution in [2.75, 3.05) is 12.8 Å². The maximum absolute atomic E-state index is 5.56. The van der Waals surface area contributed by atoms with E-state index in [1.165, 1.54) is 7.11 Å². The molecule has 18 heavy (non-hydrogen) atoms. The minimum Gasteiger partial charge on any atom is -0.477 e. The smallest absolute Gasteiger partial charge is 0.285 e. The molecule has 0 aliphatic rings. The monoisotopic (exact) mass is 251 g/mol. The lowest BCUT2D eigenvalue weighted by molar-refractivity contribution is 0.281. The third-order valence-corrected chi connectivity index (χ3v) is 2.10. The van der Waals surface area contributed by atoms with Crippen molar-refractivity contribution >= 4 is 5.82 Å². The number of hydrogen-bond donors (Lipinski definition) is 1. The molecule has 3 rings (SSSR count). The van der Waals surface area contributed by atoms with E-state index < -0.39 is 0 Å². The number of nitrogen functional groups attached to an aromatic ring is 1. The van der Waals surface area contributed by atoms with Crippen LogP contribution in [0, 0.1) is 0 Å². The van der Waals surface area contributed by atoms with Crippen LogP contribution in [0.15, 0.2) is 13.9 Å². The number of ether oxygens (including phenoxy) is 1. The van der Waals surface area contributed by atoms with Crippen LogP contribution in [0.2, 0.25) is 0 Å². The summed E-state index contributed by atoms with van der Waals surface area (Å²) in [5, 5.41) is 21.5. The van der Waals surface area contributed by atoms with Crippen LogP contribution in [0.3, 0.4) is 0 Å². The molecule has 0 saturated heterocycles. The van der Waals surface area contributed by atoms with Crippen molar-refractivity contribution in [3.63, 3.8) is 0 Å². The second-order valence-electron chi connectivity index (χ2n) is 3.08. The molecule has 11 heteroatoms. The van der Waals surface area contributed by atoms with Gasteiger partial charge in [0.05, 0.1) is 7.11 Å². The molecule has 0 radical (unpaired) electrons. The van der Waals surface area contributed by atoms with E-state index in [1.807, 2.05) is 0 Å². The Balaban J connectivity index is 2.16. The molecule has 0 aliphatic carbocycles. The van der Waals surface area contributed by atoms with Gasteiger partial charge in [-0.1, -0.05) is 0 Å². The van der Waals surface area contributed by atoms with Gasteiger partial charge in [0.15, 0.2) is 22.9 Å². The topological polar surface area (TPSA) is 152 Å². The summed E-state index contributed by atoms with van der Waals surface area (Å²) in [6.45, 7) is 0. The van der Waals surface area contributed by atoms with Crippen LogP contribution in [0.5, 0.6) is 5.88 Å². The lowest BCUT2D eigenvalue weighted by Crippen LogP contribution is -1.92. The Labute approximate surface area is 97.8 Å². The van der Waals surface area contributed by atoms with Crippen molar-refractivity contribution in [3.05, 3.63) is 0 Å². The van der Waals surface area contributed by atoms with E-state index in [4.69, 9.17) is 10.5 Å². The van der Waals surface area contributed by atoms with Crippen LogP contribution in [0.25, 0.3) is 22.8 Å². The summed E-state index contributed by atoms with van der Waals surface area (Å²) >= 11 is 0. The Morgan fingerprint density at radius 2 is 1.33 bits per heavy atom. The van der Waals surface area contributed by atoms with Crippen molar-refractivity contribution in [2.45, 2.75) is 0 Å². The van der Waals surface area contributed by atoms with Crippen molar-refractivity contribution < 1.29 is 18.6 Å². The summed E-state index contributed by atoms with van der Waals surface area (Å²) in [7, 11) is 1.40. The largest absolute Gasteiger partial charge is 0.477 e. The normalized spacial score (nSPS) is 10.7. The molecule has 0 atom stereocenters. The molecule has 0 aliphatic heterocycles. The Morgan fingerprint density at radius 3 is 2.00 bits per heavy atom. The van der Waals surface area contributed by atoms with E-state index in [1.54, 1.807) is 0 Å². The maximum Gasteiger partial charge on any atom is 0.285 e. The van der Waals surface area contributed by atoms with Crippen LogP contribution in [0.4, 0.5) is 5.82 Å². The number of methoxy groups -OCH3 is 1. The van der Waals surface area contributed by atoms with Gasteiger partial charge < -0.3 is 10.5 Å². The lowest BCUT2D eigenvalue weighted by atomic mass is 10.2. The lowest BCUT2D eigenvalue weighted by Gasteiger charge is -1.93. The van der Waals surface area contributed by atoms with Crippen molar-refractivity contribution in [2.24, 2.45) is 0 Å². The highest BCUT2D eigenvalue weighted by Gasteiger charge is 2.26. The SMILES string of the molecule is COc1nonc1-c1nonc1-c1nonc1N. The third-order valence-electron chi connectivity index (χ3n) is 2.10. The van der Waals surface area contributed by atoms with Crippen molar-refractivity contribution in [3.8, 4) is 28.7 Å². The number of nitrogens with zero attached hydrogens (tertiary/aromatic N) is 6. The van der Waals surface area contributed by atoms with E-state index in [2.05, 4.69) is 44.8 Å². The highest BCUT2D eigenvalue weighted by molar-refractivity contribution is 5.79. The number of anilines is 1. The number of aromatic nitrogens is 6. The molecular formula is C7H5N7O4. The highest BCUT2D eigenvalue weighted by Crippen LogP contribution is 2.33. The van der Waals surface area contributed by atoms with E-state index >= 15 is 0 Å². The molecule has 11 nitrogen and oxygen atoms in total. The van der Waals surface area contributed by atoms with Gasteiger partial charge in [-0.3, -0.25) is 0 Å². The average molecular weight is 251 g/mol. The van der Waals surface area contributed by atoms with E-state index in [0.29, 0.717) is 0 Å². The fourth-order valence-electron chi connectivity index (χ4n) is 1.32. The van der Waals surface area contributed by atoms with Gasteiger partial charge in [-0.05, 0) is 30.9 Å². The van der Waals surface area contributed by atoms with Crippen LogP contribution in [-0.4, -0.2) is 38.0 Å². The van der Waals surface area contributed by atoms with Crippen LogP contribution in [0.1, 0.15) is 0 Å². The first-order valence-corrected chi connectivity index (χ1v) is 4.59. The molecule has 2 N–H and O–H groups in total. The predicted octanol–water partition coefficient (Wildman–Crippen LogP) is -0.240. The number of nitrogens with two attached hydrogens (primary N) is 1. The summed E-state index contributed by atoms with van der Waals surface area (Å²) in [5.41, 5.74) is 6.34. The summed E-state index contributed by atoms with van der Waals surface area (Å²) in [5.74, 6) is 0.171. The van der Waals surface area contributed by atoms with Crippen LogP contribution < -0.4 is 10.5 Å². The number of rotatable bonds is 3. The summed E-state index contributed by atoms with van der Waals surface area (Å²) in [4.78, 5) is 0. The molecule has 0 saturated carbocycles. The minimum absolute atomic E-state index is 0.0439. The third kappa shape index (κ3) is 1.37. The Hall–Kier alpha value is -2.98. The zero-order valence-electron chi connectivity index (χ0n) is 8.89. The second-order valence-corrected chi connectivity index (χ2v) is 3.08. The van der Waals surface area contributed by atoms with E-state index in [9.17, 15) is 0 Å². The molecule has 0 amide bonds. The molecule has 3 aromatic heterocycles. The Kier molecular flexibility index (Phi) is 2.15. The molecule has 3 aromatic rings. The predicted molar refractivity (Wildman–Crippen MR) is 51.8 cm³/mol. The van der Waals surface area contributed by atoms with Gasteiger partial charge >= 0.3 is 0 Å². The standard InChI is InChI=1S/C7H5N7O4/c1-15-7-5(12-18-14-7)3-2(9-16-10-3)4-6(8)13-17-11-4/h1H3,(H2,8,13). The maximum atomic E-state index is 5.56. The Bertz CT molecular complexity index is 671. The Morgan fingerprint density at radius 1 is 0.778 bits per heavy atom. The average Bonchev–Trinajstić information content (AvgIpc) is 3.06. The molecule has 0 aromatic carbocycles. The van der Waals surface area contributed by atoms with Gasteiger partial charge in [0.2, 0.25) is 5.69 Å². The summed E-state index contributed by atoms with van der Waals surface area (Å²) < 4.78 is 18.6. The fraction of sp³-hybridized carbons (Fsp3) is 0.143. The molecule has 3 heterocycles. The molecule has 0 spiro atoms. The quantitative estimate of drug-likeness (QED) is 0.655. The first-order valence-electron chi connectivity index (χ1n) is 4.59. The zero-order valence-corrected chi connectivity index (χ0v) is 8.89. The van der Waals surface area contributed by atoms with Crippen molar-refractivity contribution in [1.29, 1.82) is 0 Å². The van der Waals surface area contributed by atoms with Gasteiger partial charge in [0.25, 0.3) is 5.88 Å². The van der Waals surface area contributed by atoms with Gasteiger partial charge in [-0.15, -0.1) is 0 Å². The molecule has 0 fully saturated rings. The van der Waals surface area contributed by atoms with Gasteiger partial charge in [-0.25, -0.2) is 13.9 Å². The highest BCUT2D eigenvalue weighted by atomic mass is 16.6. The molecule has 92 valence electrons. The van der Waals surface area contributed by atoms with E-state index in [-0.39, 0.29) is 34.5 Å². The second kappa shape index (κ2) is 3.80. The zero-order chi connectivity index (χ0) is 12.5. The van der Waals surface area contributed by atoms with Gasteiger partial charge in [0.1, 0.15) is 0 Å². The molecular weight excluding hydrogens is 246 g/mol. The fourth-order valence-corrected chi connectivity index (χ4v) is 1.32. The van der Waals surface area contributed by atoms with Crippen molar-refractivity contribution in [1.82, 2.24) is 30.9 Å². The number of hydrogen-bond acceptors (Lipinski definition) is 11. The molecule has 0 bridgehead atoms. The van der Waals surface area contributed by atoms with Crippen LogP contribution in [-0.2, 0) is 0 Å². The summed E-state index contributed by atoms with van der Waals surface area (Å²) in [6, 6.07) is 0. The van der Waals surface area contributed by atoms with E-state index in [0.717, 1.165) is 0 Å². The molecule has 0 unspecified atom stereocenters. The minimum atomic E-state index is 0.0439. The first kappa shape index (κ1) is 10.2. The van der Waals surface area contributed by atoms with Gasteiger partial charge in [-0.2, -0.15) is 0 Å². The summed E-state index contributed by atoms with van der Waals surface area (Å²) in [6.07, 6.45) is 0. The van der Waals surface area contributed by atoms with Gasteiger partial charge in [0, 0.05) is 0 Å². The first-order chi connectivity index (χ1) is 8.81.